The Morgan fingerprint density at radius 3 is 2.70 bits per heavy atom. The van der Waals surface area contributed by atoms with Gasteiger partial charge in [0.2, 0.25) is 11.9 Å². The van der Waals surface area contributed by atoms with Crippen molar-refractivity contribution in [1.82, 2.24) is 20.2 Å². The van der Waals surface area contributed by atoms with Crippen LogP contribution in [-0.2, 0) is 11.2 Å². The molecule has 0 radical (unpaired) electrons. The van der Waals surface area contributed by atoms with Crippen molar-refractivity contribution in [2.45, 2.75) is 25.8 Å². The standard InChI is InChI=1S/C25H33N5O3/c1-18(24(31)26-12-11-19-9-10-22(32-2)23(17-19)33-3)29-13-6-14-30(16-15-29)25-27-20-7-4-5-8-21(20)28-25/h4-5,7-10,17-18H,6,11-16H2,1-3H3,(H,26,31)(H,27,28). The molecule has 4 rings (SSSR count). The lowest BCUT2D eigenvalue weighted by Crippen LogP contribution is -2.47. The molecular formula is C25H33N5O3. The molecule has 1 saturated heterocycles. The highest BCUT2D eigenvalue weighted by Gasteiger charge is 2.24. The maximum Gasteiger partial charge on any atom is 0.237 e. The zero-order valence-corrected chi connectivity index (χ0v) is 19.6. The number of aromatic amines is 1. The number of methoxy groups -OCH3 is 2. The van der Waals surface area contributed by atoms with Gasteiger partial charge in [-0.2, -0.15) is 0 Å². The molecule has 1 aliphatic rings. The van der Waals surface area contributed by atoms with E-state index in [9.17, 15) is 4.79 Å². The van der Waals surface area contributed by atoms with E-state index in [0.717, 1.165) is 61.6 Å². The Morgan fingerprint density at radius 2 is 1.91 bits per heavy atom. The van der Waals surface area contributed by atoms with Crippen LogP contribution in [0.5, 0.6) is 11.5 Å². The summed E-state index contributed by atoms with van der Waals surface area (Å²) in [4.78, 5) is 25.5. The van der Waals surface area contributed by atoms with Crippen LogP contribution in [0.25, 0.3) is 11.0 Å². The summed E-state index contributed by atoms with van der Waals surface area (Å²) in [5.74, 6) is 2.38. The zero-order valence-electron chi connectivity index (χ0n) is 19.6. The SMILES string of the molecule is COc1ccc(CCNC(=O)C(C)N2CCCN(c3nc4ccccc4[nH]3)CC2)cc1OC. The molecule has 0 bridgehead atoms. The second kappa shape index (κ2) is 10.6. The summed E-state index contributed by atoms with van der Waals surface area (Å²) in [5.41, 5.74) is 3.13. The second-order valence-corrected chi connectivity index (χ2v) is 8.36. The number of H-pyrrole nitrogens is 1. The summed E-state index contributed by atoms with van der Waals surface area (Å²) in [6, 6.07) is 13.8. The monoisotopic (exact) mass is 451 g/mol. The maximum atomic E-state index is 12.8. The number of imidazole rings is 1. The molecule has 8 heteroatoms. The number of amides is 1. The molecule has 1 aliphatic heterocycles. The van der Waals surface area contributed by atoms with Crippen molar-refractivity contribution in [3.8, 4) is 11.5 Å². The minimum atomic E-state index is -0.175. The molecule has 1 amide bonds. The van der Waals surface area contributed by atoms with Crippen molar-refractivity contribution >= 4 is 22.9 Å². The smallest absolute Gasteiger partial charge is 0.237 e. The molecule has 1 unspecified atom stereocenters. The van der Waals surface area contributed by atoms with Crippen molar-refractivity contribution in [3.05, 3.63) is 48.0 Å². The summed E-state index contributed by atoms with van der Waals surface area (Å²) >= 11 is 0. The van der Waals surface area contributed by atoms with Gasteiger partial charge in [-0.1, -0.05) is 18.2 Å². The number of nitrogens with one attached hydrogen (secondary N) is 2. The third kappa shape index (κ3) is 5.39. The van der Waals surface area contributed by atoms with Gasteiger partial charge < -0.3 is 24.7 Å². The lowest BCUT2D eigenvalue weighted by molar-refractivity contribution is -0.125. The highest BCUT2D eigenvalue weighted by molar-refractivity contribution is 5.81. The van der Waals surface area contributed by atoms with Gasteiger partial charge in [0.15, 0.2) is 11.5 Å². The van der Waals surface area contributed by atoms with Gasteiger partial charge in [0, 0.05) is 32.7 Å². The number of carbonyl (C=O) groups is 1. The summed E-state index contributed by atoms with van der Waals surface area (Å²) in [5, 5.41) is 3.09. The maximum absolute atomic E-state index is 12.8. The number of carbonyl (C=O) groups excluding carboxylic acids is 1. The van der Waals surface area contributed by atoms with E-state index in [4.69, 9.17) is 14.5 Å². The number of para-hydroxylation sites is 2. The van der Waals surface area contributed by atoms with Gasteiger partial charge in [-0.3, -0.25) is 9.69 Å². The number of ether oxygens (including phenoxy) is 2. The summed E-state index contributed by atoms with van der Waals surface area (Å²) in [6.45, 7) is 6.04. The Balaban J connectivity index is 1.28. The first-order valence-corrected chi connectivity index (χ1v) is 11.5. The van der Waals surface area contributed by atoms with E-state index in [1.54, 1.807) is 14.2 Å². The molecule has 1 atom stereocenters. The summed E-state index contributed by atoms with van der Waals surface area (Å²) in [7, 11) is 3.25. The van der Waals surface area contributed by atoms with E-state index in [1.807, 2.05) is 49.4 Å². The second-order valence-electron chi connectivity index (χ2n) is 8.36. The van der Waals surface area contributed by atoms with Crippen molar-refractivity contribution < 1.29 is 14.3 Å². The lowest BCUT2D eigenvalue weighted by atomic mass is 10.1. The van der Waals surface area contributed by atoms with Gasteiger partial charge in [-0.05, 0) is 49.6 Å². The molecule has 2 aromatic carbocycles. The zero-order chi connectivity index (χ0) is 23.2. The molecule has 0 saturated carbocycles. The van der Waals surface area contributed by atoms with Crippen LogP contribution in [0.2, 0.25) is 0 Å². The van der Waals surface area contributed by atoms with Crippen molar-refractivity contribution in [1.29, 1.82) is 0 Å². The Morgan fingerprint density at radius 1 is 1.09 bits per heavy atom. The number of rotatable bonds is 8. The Hall–Kier alpha value is -3.26. The van der Waals surface area contributed by atoms with Crippen LogP contribution in [0, 0.1) is 0 Å². The van der Waals surface area contributed by atoms with Crippen LogP contribution in [0.4, 0.5) is 5.95 Å². The quantitative estimate of drug-likeness (QED) is 0.548. The van der Waals surface area contributed by atoms with Crippen LogP contribution in [0.1, 0.15) is 18.9 Å². The predicted molar refractivity (Wildman–Crippen MR) is 130 cm³/mol. The molecule has 0 aliphatic carbocycles. The van der Waals surface area contributed by atoms with Crippen LogP contribution < -0.4 is 19.7 Å². The van der Waals surface area contributed by atoms with Gasteiger partial charge in [-0.15, -0.1) is 0 Å². The Bertz CT molecular complexity index is 1050. The molecule has 3 aromatic rings. The molecule has 176 valence electrons. The van der Waals surface area contributed by atoms with Crippen molar-refractivity contribution in [3.63, 3.8) is 0 Å². The van der Waals surface area contributed by atoms with E-state index >= 15 is 0 Å². The highest BCUT2D eigenvalue weighted by Crippen LogP contribution is 2.27. The fourth-order valence-corrected chi connectivity index (χ4v) is 4.31. The predicted octanol–water partition coefficient (Wildman–Crippen LogP) is 2.84. The van der Waals surface area contributed by atoms with Gasteiger partial charge in [0.05, 0.1) is 31.3 Å². The third-order valence-corrected chi connectivity index (χ3v) is 6.29. The number of hydrogen-bond donors (Lipinski definition) is 2. The number of anilines is 1. The van der Waals surface area contributed by atoms with Gasteiger partial charge >= 0.3 is 0 Å². The fraction of sp³-hybridized carbons (Fsp3) is 0.440. The Labute approximate surface area is 194 Å². The number of hydrogen-bond acceptors (Lipinski definition) is 6. The van der Waals surface area contributed by atoms with Crippen molar-refractivity contribution in [2.75, 3.05) is 51.8 Å². The van der Waals surface area contributed by atoms with Crippen LogP contribution >= 0.6 is 0 Å². The Kier molecular flexibility index (Phi) is 7.34. The number of nitrogens with zero attached hydrogens (tertiary/aromatic N) is 3. The molecule has 2 N–H and O–H groups in total. The van der Waals surface area contributed by atoms with Gasteiger partial charge in [0.25, 0.3) is 0 Å². The molecule has 8 nitrogen and oxygen atoms in total. The average molecular weight is 452 g/mol. The van der Waals surface area contributed by atoms with Crippen LogP contribution in [0.3, 0.4) is 0 Å². The minimum absolute atomic E-state index is 0.0627. The number of fused-ring (bicyclic) bond motifs is 1. The highest BCUT2D eigenvalue weighted by atomic mass is 16.5. The van der Waals surface area contributed by atoms with E-state index in [-0.39, 0.29) is 11.9 Å². The number of aromatic nitrogens is 2. The average Bonchev–Trinajstić information content (AvgIpc) is 3.12. The minimum Gasteiger partial charge on any atom is -0.493 e. The van der Waals surface area contributed by atoms with Crippen molar-refractivity contribution in [2.24, 2.45) is 0 Å². The summed E-state index contributed by atoms with van der Waals surface area (Å²) < 4.78 is 10.6. The van der Waals surface area contributed by atoms with Gasteiger partial charge in [-0.25, -0.2) is 4.98 Å². The van der Waals surface area contributed by atoms with E-state index < -0.39 is 0 Å². The fourth-order valence-electron chi connectivity index (χ4n) is 4.31. The topological polar surface area (TPSA) is 82.7 Å². The molecule has 1 aromatic heterocycles. The van der Waals surface area contributed by atoms with E-state index in [1.165, 1.54) is 0 Å². The van der Waals surface area contributed by atoms with Crippen LogP contribution in [0.15, 0.2) is 42.5 Å². The molecule has 1 fully saturated rings. The van der Waals surface area contributed by atoms with Crippen LogP contribution in [-0.4, -0.2) is 73.8 Å². The summed E-state index contributed by atoms with van der Waals surface area (Å²) in [6.07, 6.45) is 1.72. The molecule has 2 heterocycles. The molecular weight excluding hydrogens is 418 g/mol. The molecule has 0 spiro atoms. The lowest BCUT2D eigenvalue weighted by Gasteiger charge is -2.27. The first-order valence-electron chi connectivity index (χ1n) is 11.5. The first-order chi connectivity index (χ1) is 16.1. The largest absolute Gasteiger partial charge is 0.493 e. The third-order valence-electron chi connectivity index (χ3n) is 6.29. The van der Waals surface area contributed by atoms with E-state index in [2.05, 4.69) is 20.1 Å². The normalized spacial score (nSPS) is 15.8. The number of benzene rings is 2. The van der Waals surface area contributed by atoms with E-state index in [0.29, 0.717) is 18.0 Å². The van der Waals surface area contributed by atoms with Gasteiger partial charge in [0.1, 0.15) is 0 Å². The molecule has 33 heavy (non-hydrogen) atoms. The first kappa shape index (κ1) is 22.9.